The zero-order chi connectivity index (χ0) is 26.1. The summed E-state index contributed by atoms with van der Waals surface area (Å²) in [5.74, 6) is 3.29. The molecule has 0 radical (unpaired) electrons. The van der Waals surface area contributed by atoms with E-state index in [2.05, 4.69) is 24.3 Å². The number of hydrogen-bond acceptors (Lipinski definition) is 8. The van der Waals surface area contributed by atoms with E-state index in [1.807, 2.05) is 0 Å². The zero-order valence-electron chi connectivity index (χ0n) is 21.7. The highest BCUT2D eigenvalue weighted by Crippen LogP contribution is 2.64. The molecule has 10 heteroatoms. The summed E-state index contributed by atoms with van der Waals surface area (Å²) in [5, 5.41) is 0. The van der Waals surface area contributed by atoms with Crippen LogP contribution in [0.5, 0.6) is 5.75 Å². The third-order valence-corrected chi connectivity index (χ3v) is 8.80. The molecular formula is C27H41NO8S. The van der Waals surface area contributed by atoms with Crippen molar-refractivity contribution in [3.05, 3.63) is 29.8 Å². The average molecular weight is 540 g/mol. The lowest BCUT2D eigenvalue weighted by Crippen LogP contribution is -2.59. The van der Waals surface area contributed by atoms with Gasteiger partial charge >= 0.3 is 0 Å². The summed E-state index contributed by atoms with van der Waals surface area (Å²) >= 11 is 0. The predicted molar refractivity (Wildman–Crippen MR) is 136 cm³/mol. The first-order valence-electron chi connectivity index (χ1n) is 13.7. The molecule has 4 bridgehead atoms. The Morgan fingerprint density at radius 3 is 2.11 bits per heavy atom. The molecule has 3 N–H and O–H groups in total. The minimum atomic E-state index is -3.67. The van der Waals surface area contributed by atoms with Crippen LogP contribution in [0.25, 0.3) is 0 Å². The second-order valence-corrected chi connectivity index (χ2v) is 13.0. The van der Waals surface area contributed by atoms with Crippen LogP contribution in [0.3, 0.4) is 0 Å². The van der Waals surface area contributed by atoms with Crippen molar-refractivity contribution in [2.45, 2.75) is 75.3 Å². The first-order chi connectivity index (χ1) is 17.7. The molecule has 0 aromatic heterocycles. The van der Waals surface area contributed by atoms with Crippen molar-refractivity contribution in [1.82, 2.24) is 0 Å². The number of ether oxygens (including phenoxy) is 3. The molecule has 2 spiro atoms. The fraction of sp³-hybridized carbons (Fsp3) is 0.778. The highest BCUT2D eigenvalue weighted by Gasteiger charge is 2.66. The summed E-state index contributed by atoms with van der Waals surface area (Å²) in [6, 6.07) is 8.53. The van der Waals surface area contributed by atoms with Crippen LogP contribution in [0, 0.1) is 23.7 Å². The van der Waals surface area contributed by atoms with E-state index in [4.69, 9.17) is 34.3 Å². The number of hydrogen-bond donors (Lipinski definition) is 2. The Kier molecular flexibility index (Phi) is 8.17. The van der Waals surface area contributed by atoms with Gasteiger partial charge in [-0.3, -0.25) is 4.55 Å². The molecule has 6 aliphatic rings. The van der Waals surface area contributed by atoms with E-state index in [1.54, 1.807) is 0 Å². The molecule has 7 rings (SSSR count). The van der Waals surface area contributed by atoms with Gasteiger partial charge in [-0.05, 0) is 80.4 Å². The molecule has 1 aromatic carbocycles. The Morgan fingerprint density at radius 2 is 1.54 bits per heavy atom. The van der Waals surface area contributed by atoms with E-state index in [1.165, 1.54) is 37.7 Å². The Morgan fingerprint density at radius 1 is 0.946 bits per heavy atom. The lowest BCUT2D eigenvalue weighted by atomic mass is 9.53. The molecule has 37 heavy (non-hydrogen) atoms. The maximum atomic E-state index is 9.19. The molecule has 1 aromatic rings. The molecular weight excluding hydrogens is 498 g/mol. The Hall–Kier alpha value is -1.27. The van der Waals surface area contributed by atoms with Gasteiger partial charge in [0.2, 0.25) is 11.6 Å². The van der Waals surface area contributed by atoms with Gasteiger partial charge in [-0.2, -0.15) is 18.2 Å². The van der Waals surface area contributed by atoms with Crippen molar-refractivity contribution in [1.29, 1.82) is 0 Å². The smallest absolute Gasteiger partial charge is 0.261 e. The lowest BCUT2D eigenvalue weighted by Gasteiger charge is -2.57. The van der Waals surface area contributed by atoms with Crippen LogP contribution >= 0.6 is 0 Å². The highest BCUT2D eigenvalue weighted by atomic mass is 32.2. The van der Waals surface area contributed by atoms with E-state index < -0.39 is 21.7 Å². The summed E-state index contributed by atoms with van der Waals surface area (Å²) in [6.07, 6.45) is 11.2. The van der Waals surface area contributed by atoms with Crippen LogP contribution in [0.1, 0.15) is 69.3 Å². The summed E-state index contributed by atoms with van der Waals surface area (Å²) < 4.78 is 43.8. The Balaban J connectivity index is 0.000000514. The standard InChI is InChI=1S/C26H37NO5.CH4O3S/c27-9-10-28-11-12-29-24-3-1-20(2-4-24)21-5-7-25(8-6-21)30-26(32-31-25)22-14-18-13-19(16-22)17-23(26)15-18;1-5(2,3)4/h1-4,18-19,21-23H,5-17,27H2;1H3,(H,2,3,4). The monoisotopic (exact) mass is 539 g/mol. The zero-order valence-corrected chi connectivity index (χ0v) is 22.5. The maximum Gasteiger partial charge on any atom is 0.261 e. The molecule has 0 amide bonds. The van der Waals surface area contributed by atoms with Crippen LogP contribution < -0.4 is 10.5 Å². The van der Waals surface area contributed by atoms with E-state index in [-0.39, 0.29) is 0 Å². The summed E-state index contributed by atoms with van der Waals surface area (Å²) in [7, 11) is -3.67. The van der Waals surface area contributed by atoms with E-state index in [9.17, 15) is 8.42 Å². The van der Waals surface area contributed by atoms with Crippen molar-refractivity contribution in [2.75, 3.05) is 32.6 Å². The highest BCUT2D eigenvalue weighted by molar-refractivity contribution is 7.85. The largest absolute Gasteiger partial charge is 0.491 e. The molecule has 5 aliphatic carbocycles. The molecule has 1 heterocycles. The van der Waals surface area contributed by atoms with Gasteiger partial charge in [-0.25, -0.2) is 0 Å². The minimum absolute atomic E-state index is 0.451. The average Bonchev–Trinajstić information content (AvgIpc) is 3.22. The van der Waals surface area contributed by atoms with Crippen molar-refractivity contribution in [2.24, 2.45) is 29.4 Å². The SMILES string of the molecule is CS(=O)(=O)O.NCCOCCOc1ccc(C2CCC3(CC2)OOC2(O3)C3CC4CC(C3)CC2C4)cc1. The fourth-order valence-corrected chi connectivity index (χ4v) is 7.43. The van der Waals surface area contributed by atoms with Gasteiger partial charge in [0.05, 0.1) is 19.5 Å². The van der Waals surface area contributed by atoms with Gasteiger partial charge in [-0.15, -0.1) is 0 Å². The van der Waals surface area contributed by atoms with Gasteiger partial charge in [-0.1, -0.05) is 12.1 Å². The second kappa shape index (κ2) is 11.1. The fourth-order valence-electron chi connectivity index (χ4n) is 7.43. The molecule has 0 atom stereocenters. The Bertz CT molecular complexity index is 970. The van der Waals surface area contributed by atoms with Gasteiger partial charge in [0.1, 0.15) is 12.4 Å². The van der Waals surface area contributed by atoms with E-state index in [0.717, 1.165) is 43.3 Å². The molecule has 6 fully saturated rings. The maximum absolute atomic E-state index is 9.19. The topological polar surface area (TPSA) is 127 Å². The van der Waals surface area contributed by atoms with E-state index >= 15 is 0 Å². The van der Waals surface area contributed by atoms with Crippen molar-refractivity contribution >= 4 is 10.1 Å². The first kappa shape index (κ1) is 27.3. The third-order valence-electron chi connectivity index (χ3n) is 8.80. The van der Waals surface area contributed by atoms with Crippen LogP contribution in [-0.4, -0.2) is 57.2 Å². The van der Waals surface area contributed by atoms with Crippen LogP contribution in [0.4, 0.5) is 0 Å². The first-order valence-corrected chi connectivity index (χ1v) is 15.5. The van der Waals surface area contributed by atoms with Crippen LogP contribution in [0.2, 0.25) is 0 Å². The Labute approximate surface area is 220 Å². The predicted octanol–water partition coefficient (Wildman–Crippen LogP) is 4.03. The van der Waals surface area contributed by atoms with Crippen LogP contribution in [-0.2, 0) is 29.4 Å². The second-order valence-electron chi connectivity index (χ2n) is 11.5. The van der Waals surface area contributed by atoms with Gasteiger partial charge < -0.3 is 19.9 Å². The van der Waals surface area contributed by atoms with Gasteiger partial charge in [0, 0.05) is 31.2 Å². The lowest BCUT2D eigenvalue weighted by molar-refractivity contribution is -0.390. The normalized spacial score (nSPS) is 38.1. The molecule has 1 aliphatic heterocycles. The number of benzene rings is 1. The van der Waals surface area contributed by atoms with Gasteiger partial charge in [0.25, 0.3) is 10.1 Å². The van der Waals surface area contributed by atoms with E-state index in [0.29, 0.717) is 50.4 Å². The molecule has 0 unspecified atom stereocenters. The molecule has 9 nitrogen and oxygen atoms in total. The molecule has 208 valence electrons. The summed E-state index contributed by atoms with van der Waals surface area (Å²) in [6.45, 7) is 2.23. The molecule has 1 saturated heterocycles. The summed E-state index contributed by atoms with van der Waals surface area (Å²) in [4.78, 5) is 12.2. The molecule has 5 saturated carbocycles. The van der Waals surface area contributed by atoms with Crippen LogP contribution in [0.15, 0.2) is 24.3 Å². The van der Waals surface area contributed by atoms with Crippen molar-refractivity contribution in [3.63, 3.8) is 0 Å². The minimum Gasteiger partial charge on any atom is -0.491 e. The van der Waals surface area contributed by atoms with Gasteiger partial charge in [0.15, 0.2) is 0 Å². The summed E-state index contributed by atoms with van der Waals surface area (Å²) in [5.41, 5.74) is 6.79. The number of rotatable bonds is 7. The number of nitrogens with two attached hydrogens (primary N) is 1. The van der Waals surface area contributed by atoms with Crippen molar-refractivity contribution < 1.29 is 37.0 Å². The van der Waals surface area contributed by atoms with Crippen molar-refractivity contribution in [3.8, 4) is 5.75 Å². The quantitative estimate of drug-likeness (QED) is 0.300. The third kappa shape index (κ3) is 6.32.